The molecule has 0 fully saturated rings. The zero-order valence-corrected chi connectivity index (χ0v) is 24.1. The van der Waals surface area contributed by atoms with E-state index in [1.54, 1.807) is 18.3 Å². The molecular weight excluding hydrogens is 472 g/mol. The van der Waals surface area contributed by atoms with E-state index in [0.29, 0.717) is 24.2 Å². The number of rotatable bonds is 22. The van der Waals surface area contributed by atoms with E-state index < -0.39 is 0 Å². The van der Waals surface area contributed by atoms with Crippen molar-refractivity contribution >= 4 is 12.2 Å². The van der Waals surface area contributed by atoms with Gasteiger partial charge in [-0.3, -0.25) is 4.99 Å². The molecule has 0 radical (unpaired) electrons. The Labute approximate surface area is 227 Å². The molecule has 36 heavy (non-hydrogen) atoms. The summed E-state index contributed by atoms with van der Waals surface area (Å²) in [4.78, 5) is 16.6. The predicted molar refractivity (Wildman–Crippen MR) is 148 cm³/mol. The summed E-state index contributed by atoms with van der Waals surface area (Å²) in [5.74, 6) is 0.135. The molecule has 0 saturated carbocycles. The van der Waals surface area contributed by atoms with Crippen LogP contribution in [0.1, 0.15) is 109 Å². The van der Waals surface area contributed by atoms with Gasteiger partial charge in [0.1, 0.15) is 5.75 Å². The van der Waals surface area contributed by atoms with Crippen molar-refractivity contribution in [2.45, 2.75) is 103 Å². The lowest BCUT2D eigenvalue weighted by atomic mass is 10.0. The number of ether oxygens (including phenoxy) is 1. The molecule has 208 valence electrons. The number of hydrogen-bond donors (Lipinski definition) is 1. The van der Waals surface area contributed by atoms with Crippen LogP contribution in [0.4, 0.5) is 0 Å². The summed E-state index contributed by atoms with van der Waals surface area (Å²) < 4.78 is 6.07. The van der Waals surface area contributed by atoms with E-state index >= 15 is 0 Å². The number of carbonyl (C=O) groups is 1. The SMILES string of the molecule is CCCCCCCCCCCCCCCCOC(=O)C[N+](C)(C)CCCN=Cc1ccccc1O.[Cl-]. The lowest BCUT2D eigenvalue weighted by Gasteiger charge is -2.28. The van der Waals surface area contributed by atoms with Crippen LogP contribution in [0, 0.1) is 0 Å². The molecule has 0 amide bonds. The van der Waals surface area contributed by atoms with Gasteiger partial charge in [-0.15, -0.1) is 0 Å². The molecule has 0 spiro atoms. The molecule has 0 saturated heterocycles. The van der Waals surface area contributed by atoms with Crippen LogP contribution in [0.15, 0.2) is 29.3 Å². The van der Waals surface area contributed by atoms with Gasteiger partial charge >= 0.3 is 5.97 Å². The van der Waals surface area contributed by atoms with Gasteiger partial charge < -0.3 is 26.7 Å². The standard InChI is InChI=1S/C30H52N2O3.ClH/c1-4-5-6-7-8-9-10-11-12-13-14-15-16-19-25-35-30(34)27-32(2,3)24-20-23-31-26-28-21-17-18-22-29(28)33;/h17-18,21-22,26H,4-16,19-20,23-25,27H2,1-3H3;1H. The average Bonchev–Trinajstić information content (AvgIpc) is 2.82. The number of aliphatic imine (C=N–C) groups is 1. The van der Waals surface area contributed by atoms with Crippen molar-refractivity contribution < 1.29 is 31.5 Å². The van der Waals surface area contributed by atoms with E-state index in [-0.39, 0.29) is 24.1 Å². The average molecular weight is 525 g/mol. The molecule has 0 heterocycles. The maximum absolute atomic E-state index is 12.2. The largest absolute Gasteiger partial charge is 1.00 e. The zero-order chi connectivity index (χ0) is 25.6. The summed E-state index contributed by atoms with van der Waals surface area (Å²) in [5.41, 5.74) is 0.730. The minimum atomic E-state index is -0.109. The van der Waals surface area contributed by atoms with Crippen molar-refractivity contribution in [3.05, 3.63) is 29.8 Å². The molecule has 1 aromatic rings. The number of nitrogens with zero attached hydrogens (tertiary/aromatic N) is 2. The number of phenolic OH excluding ortho intramolecular Hbond substituents is 1. The van der Waals surface area contributed by atoms with E-state index in [1.807, 2.05) is 12.1 Å². The maximum Gasteiger partial charge on any atom is 0.361 e. The van der Waals surface area contributed by atoms with E-state index in [0.717, 1.165) is 31.4 Å². The monoisotopic (exact) mass is 524 g/mol. The van der Waals surface area contributed by atoms with Crippen molar-refractivity contribution in [2.75, 3.05) is 40.3 Å². The molecule has 1 rings (SSSR count). The summed E-state index contributed by atoms with van der Waals surface area (Å²) in [7, 11) is 4.11. The van der Waals surface area contributed by atoms with Crippen LogP contribution in [0.25, 0.3) is 0 Å². The van der Waals surface area contributed by atoms with Crippen LogP contribution in [0.5, 0.6) is 5.75 Å². The molecule has 0 aliphatic rings. The van der Waals surface area contributed by atoms with Gasteiger partial charge in [0.2, 0.25) is 0 Å². The summed E-state index contributed by atoms with van der Waals surface area (Å²) in [6, 6.07) is 7.18. The van der Waals surface area contributed by atoms with Crippen LogP contribution in [0.3, 0.4) is 0 Å². The number of benzene rings is 1. The van der Waals surface area contributed by atoms with Gasteiger partial charge in [-0.1, -0.05) is 103 Å². The van der Waals surface area contributed by atoms with Crippen molar-refractivity contribution in [3.63, 3.8) is 0 Å². The summed E-state index contributed by atoms with van der Waals surface area (Å²) in [5, 5.41) is 9.75. The van der Waals surface area contributed by atoms with E-state index in [9.17, 15) is 9.90 Å². The fraction of sp³-hybridized carbons (Fsp3) is 0.733. The number of para-hydroxylation sites is 1. The highest BCUT2D eigenvalue weighted by Crippen LogP contribution is 2.14. The van der Waals surface area contributed by atoms with Gasteiger partial charge in [0.05, 0.1) is 27.2 Å². The van der Waals surface area contributed by atoms with Gasteiger partial charge in [-0.2, -0.15) is 0 Å². The topological polar surface area (TPSA) is 58.9 Å². The van der Waals surface area contributed by atoms with Crippen LogP contribution >= 0.6 is 0 Å². The number of hydrogen-bond acceptors (Lipinski definition) is 4. The number of halogens is 1. The van der Waals surface area contributed by atoms with Crippen molar-refractivity contribution in [2.24, 2.45) is 4.99 Å². The van der Waals surface area contributed by atoms with Gasteiger partial charge in [-0.05, 0) is 18.6 Å². The van der Waals surface area contributed by atoms with Gasteiger partial charge in [0, 0.05) is 24.7 Å². The van der Waals surface area contributed by atoms with Crippen molar-refractivity contribution in [1.29, 1.82) is 0 Å². The molecular formula is C30H53ClN2O3. The third kappa shape index (κ3) is 19.6. The molecule has 1 aromatic carbocycles. The summed E-state index contributed by atoms with van der Waals surface area (Å²) in [6.45, 7) is 4.73. The number of carbonyl (C=O) groups excluding carboxylic acids is 1. The number of phenols is 1. The second-order valence-electron chi connectivity index (χ2n) is 10.6. The smallest absolute Gasteiger partial charge is 0.361 e. The van der Waals surface area contributed by atoms with E-state index in [1.165, 1.54) is 77.0 Å². The number of quaternary nitrogens is 1. The summed E-state index contributed by atoms with van der Waals surface area (Å²) in [6.07, 6.45) is 21.2. The Hall–Kier alpha value is -1.59. The van der Waals surface area contributed by atoms with Gasteiger partial charge in [0.15, 0.2) is 6.54 Å². The van der Waals surface area contributed by atoms with E-state index in [2.05, 4.69) is 26.0 Å². The van der Waals surface area contributed by atoms with Gasteiger partial charge in [0.25, 0.3) is 0 Å². The van der Waals surface area contributed by atoms with E-state index in [4.69, 9.17) is 4.74 Å². The Morgan fingerprint density at radius 2 is 1.39 bits per heavy atom. The minimum Gasteiger partial charge on any atom is -1.00 e. The number of likely N-dealkylation sites (N-methyl/N-ethyl adjacent to an activating group) is 1. The number of aromatic hydroxyl groups is 1. The van der Waals surface area contributed by atoms with Crippen LogP contribution in [-0.2, 0) is 9.53 Å². The highest BCUT2D eigenvalue weighted by atomic mass is 35.5. The van der Waals surface area contributed by atoms with Crippen molar-refractivity contribution in [3.8, 4) is 5.75 Å². The highest BCUT2D eigenvalue weighted by Gasteiger charge is 2.20. The molecule has 5 nitrogen and oxygen atoms in total. The Bertz CT molecular complexity index is 695. The molecule has 1 N–H and O–H groups in total. The normalized spacial score (nSPS) is 11.5. The molecule has 6 heteroatoms. The van der Waals surface area contributed by atoms with Crippen LogP contribution in [0.2, 0.25) is 0 Å². The van der Waals surface area contributed by atoms with Gasteiger partial charge in [-0.25, -0.2) is 4.79 Å². The van der Waals surface area contributed by atoms with Crippen LogP contribution < -0.4 is 12.4 Å². The second kappa shape index (κ2) is 22.6. The summed E-state index contributed by atoms with van der Waals surface area (Å²) >= 11 is 0. The first-order chi connectivity index (χ1) is 16.9. The molecule has 0 unspecified atom stereocenters. The lowest BCUT2D eigenvalue weighted by molar-refractivity contribution is -0.883. The lowest BCUT2D eigenvalue weighted by Crippen LogP contribution is -3.00. The molecule has 0 aromatic heterocycles. The third-order valence-electron chi connectivity index (χ3n) is 6.54. The highest BCUT2D eigenvalue weighted by molar-refractivity contribution is 5.83. The fourth-order valence-corrected chi connectivity index (χ4v) is 4.31. The maximum atomic E-state index is 12.2. The zero-order valence-electron chi connectivity index (χ0n) is 23.4. The van der Waals surface area contributed by atoms with Crippen molar-refractivity contribution in [1.82, 2.24) is 0 Å². The third-order valence-corrected chi connectivity index (χ3v) is 6.54. The molecule has 0 atom stereocenters. The quantitative estimate of drug-likeness (QED) is 0.106. The second-order valence-corrected chi connectivity index (χ2v) is 10.6. The molecule has 0 aliphatic carbocycles. The number of unbranched alkanes of at least 4 members (excludes halogenated alkanes) is 13. The Balaban J connectivity index is 0.0000122. The Morgan fingerprint density at radius 1 is 0.861 bits per heavy atom. The minimum absolute atomic E-state index is 0. The predicted octanol–water partition coefficient (Wildman–Crippen LogP) is 4.31. The Kier molecular flexibility index (Phi) is 21.6. The van der Waals surface area contributed by atoms with Crippen LogP contribution in [-0.4, -0.2) is 62.1 Å². The fourth-order valence-electron chi connectivity index (χ4n) is 4.31. The first-order valence-electron chi connectivity index (χ1n) is 14.2. The first-order valence-corrected chi connectivity index (χ1v) is 14.2. The first kappa shape index (κ1) is 34.4. The number of esters is 1. The molecule has 0 aliphatic heterocycles. The molecule has 0 bridgehead atoms. The Morgan fingerprint density at radius 3 is 1.94 bits per heavy atom.